The summed E-state index contributed by atoms with van der Waals surface area (Å²) in [6.45, 7) is 3.66. The quantitative estimate of drug-likeness (QED) is 0.701. The van der Waals surface area contributed by atoms with Gasteiger partial charge in [-0.1, -0.05) is 30.1 Å². The van der Waals surface area contributed by atoms with Crippen LogP contribution in [0.4, 0.5) is 0 Å². The van der Waals surface area contributed by atoms with Gasteiger partial charge in [-0.25, -0.2) is 0 Å². The molecule has 1 aromatic carbocycles. The van der Waals surface area contributed by atoms with Gasteiger partial charge in [0.2, 0.25) is 0 Å². The Morgan fingerprint density at radius 2 is 1.69 bits per heavy atom. The lowest BCUT2D eigenvalue weighted by molar-refractivity contribution is -0.0499. The Labute approximate surface area is 87.6 Å². The molecule has 1 nitrogen and oxygen atoms in total. The number of halogens is 2. The molecule has 0 unspecified atom stereocenters. The molecule has 0 atom stereocenters. The molecular weight excluding hydrogens is 207 g/mol. The monoisotopic (exact) mass is 216 g/mol. The molecule has 1 fully saturated rings. The zero-order valence-electron chi connectivity index (χ0n) is 7.31. The van der Waals surface area contributed by atoms with Gasteiger partial charge in [0.15, 0.2) is 0 Å². The summed E-state index contributed by atoms with van der Waals surface area (Å²) in [6, 6.07) is 5.65. The summed E-state index contributed by atoms with van der Waals surface area (Å²) in [5.74, 6) is 0. The molecule has 1 heterocycles. The molecule has 0 saturated carbocycles. The van der Waals surface area contributed by atoms with Crippen molar-refractivity contribution in [2.24, 2.45) is 0 Å². The summed E-state index contributed by atoms with van der Waals surface area (Å²) in [4.78, 5) is 0. The van der Waals surface area contributed by atoms with Crippen molar-refractivity contribution < 1.29 is 4.74 Å². The molecule has 0 radical (unpaired) electrons. The first kappa shape index (κ1) is 9.32. The molecule has 0 spiro atoms. The van der Waals surface area contributed by atoms with Crippen LogP contribution in [0.1, 0.15) is 12.5 Å². The van der Waals surface area contributed by atoms with E-state index in [9.17, 15) is 0 Å². The van der Waals surface area contributed by atoms with Gasteiger partial charge in [0, 0.05) is 15.5 Å². The van der Waals surface area contributed by atoms with E-state index < -0.39 is 0 Å². The van der Waals surface area contributed by atoms with Crippen LogP contribution in [0.3, 0.4) is 0 Å². The summed E-state index contributed by atoms with van der Waals surface area (Å²) in [5.41, 5.74) is 1.27. The van der Waals surface area contributed by atoms with Gasteiger partial charge < -0.3 is 4.74 Å². The Balaban J connectivity index is 2.39. The molecule has 1 aliphatic rings. The molecule has 70 valence electrons. The lowest BCUT2D eigenvalue weighted by atomic mass is 9.81. The van der Waals surface area contributed by atoms with Gasteiger partial charge in [0.05, 0.1) is 13.2 Å². The molecule has 0 aromatic heterocycles. The minimum absolute atomic E-state index is 0.106. The molecule has 0 amide bonds. The molecule has 13 heavy (non-hydrogen) atoms. The highest BCUT2D eigenvalue weighted by Gasteiger charge is 2.35. The summed E-state index contributed by atoms with van der Waals surface area (Å²) >= 11 is 11.8. The van der Waals surface area contributed by atoms with Crippen molar-refractivity contribution in [2.75, 3.05) is 13.2 Å². The third-order valence-electron chi connectivity index (χ3n) is 2.40. The molecule has 0 N–H and O–H groups in total. The predicted octanol–water partition coefficient (Wildman–Crippen LogP) is 3.28. The van der Waals surface area contributed by atoms with Crippen LogP contribution in [0.15, 0.2) is 18.2 Å². The topological polar surface area (TPSA) is 9.23 Å². The van der Waals surface area contributed by atoms with Crippen molar-refractivity contribution in [1.29, 1.82) is 0 Å². The van der Waals surface area contributed by atoms with Crippen molar-refractivity contribution in [3.05, 3.63) is 33.8 Å². The normalized spacial score (nSPS) is 19.6. The molecule has 3 heteroatoms. The third-order valence-corrected chi connectivity index (χ3v) is 2.84. The molecule has 0 aliphatic carbocycles. The lowest BCUT2D eigenvalue weighted by Crippen LogP contribution is -2.43. The van der Waals surface area contributed by atoms with Crippen molar-refractivity contribution in [2.45, 2.75) is 12.3 Å². The van der Waals surface area contributed by atoms with Crippen LogP contribution in [-0.4, -0.2) is 13.2 Å². The van der Waals surface area contributed by atoms with Gasteiger partial charge in [-0.15, -0.1) is 0 Å². The fourth-order valence-electron chi connectivity index (χ4n) is 1.48. The van der Waals surface area contributed by atoms with E-state index in [0.29, 0.717) is 10.0 Å². The van der Waals surface area contributed by atoms with Gasteiger partial charge in [-0.05, 0) is 23.8 Å². The number of ether oxygens (including phenoxy) is 1. The fraction of sp³-hybridized carbons (Fsp3) is 0.400. The standard InChI is InChI=1S/C10H10Cl2O/c1-10(5-13-6-10)7-2-8(11)4-9(12)3-7/h2-4H,5-6H2,1H3. The van der Waals surface area contributed by atoms with Crippen molar-refractivity contribution in [3.8, 4) is 0 Å². The summed E-state index contributed by atoms with van der Waals surface area (Å²) < 4.78 is 5.19. The maximum absolute atomic E-state index is 5.91. The fourth-order valence-corrected chi connectivity index (χ4v) is 2.00. The van der Waals surface area contributed by atoms with Crippen molar-refractivity contribution in [1.82, 2.24) is 0 Å². The number of benzene rings is 1. The van der Waals surface area contributed by atoms with E-state index >= 15 is 0 Å². The Hall–Kier alpha value is -0.240. The molecule has 0 bridgehead atoms. The van der Waals surface area contributed by atoms with Crippen LogP contribution in [0.25, 0.3) is 0 Å². The first-order chi connectivity index (χ1) is 6.10. The number of rotatable bonds is 1. The van der Waals surface area contributed by atoms with E-state index in [1.54, 1.807) is 6.07 Å². The predicted molar refractivity (Wildman–Crippen MR) is 54.6 cm³/mol. The van der Waals surface area contributed by atoms with Crippen LogP contribution in [0.2, 0.25) is 10.0 Å². The van der Waals surface area contributed by atoms with E-state index in [0.717, 1.165) is 18.8 Å². The second kappa shape index (κ2) is 3.16. The lowest BCUT2D eigenvalue weighted by Gasteiger charge is -2.38. The Morgan fingerprint density at radius 1 is 1.15 bits per heavy atom. The van der Waals surface area contributed by atoms with E-state index in [2.05, 4.69) is 6.92 Å². The van der Waals surface area contributed by atoms with Crippen LogP contribution >= 0.6 is 23.2 Å². The summed E-state index contributed by atoms with van der Waals surface area (Å²) in [7, 11) is 0. The van der Waals surface area contributed by atoms with Crippen LogP contribution in [0, 0.1) is 0 Å². The zero-order valence-corrected chi connectivity index (χ0v) is 8.82. The average molecular weight is 217 g/mol. The summed E-state index contributed by atoms with van der Waals surface area (Å²) in [5, 5.41) is 1.38. The highest BCUT2D eigenvalue weighted by molar-refractivity contribution is 6.34. The molecule has 1 aliphatic heterocycles. The van der Waals surface area contributed by atoms with Crippen LogP contribution in [-0.2, 0) is 10.2 Å². The SMILES string of the molecule is CC1(c2cc(Cl)cc(Cl)c2)COC1. The van der Waals surface area contributed by atoms with Gasteiger partial charge in [-0.3, -0.25) is 0 Å². The smallest absolute Gasteiger partial charge is 0.0582 e. The second-order valence-corrected chi connectivity index (χ2v) is 4.58. The van der Waals surface area contributed by atoms with Crippen molar-refractivity contribution >= 4 is 23.2 Å². The van der Waals surface area contributed by atoms with Gasteiger partial charge >= 0.3 is 0 Å². The average Bonchev–Trinajstić information content (AvgIpc) is 1.98. The maximum atomic E-state index is 5.91. The van der Waals surface area contributed by atoms with E-state index in [4.69, 9.17) is 27.9 Å². The molecule has 1 saturated heterocycles. The highest BCUT2D eigenvalue weighted by Crippen LogP contribution is 2.34. The van der Waals surface area contributed by atoms with E-state index in [-0.39, 0.29) is 5.41 Å². The van der Waals surface area contributed by atoms with Crippen molar-refractivity contribution in [3.63, 3.8) is 0 Å². The minimum atomic E-state index is 0.106. The molecule has 1 aromatic rings. The van der Waals surface area contributed by atoms with Crippen LogP contribution < -0.4 is 0 Å². The number of hydrogen-bond acceptors (Lipinski definition) is 1. The van der Waals surface area contributed by atoms with E-state index in [1.165, 1.54) is 0 Å². The Bertz CT molecular complexity index is 311. The second-order valence-electron chi connectivity index (χ2n) is 3.71. The number of hydrogen-bond donors (Lipinski definition) is 0. The van der Waals surface area contributed by atoms with Crippen LogP contribution in [0.5, 0.6) is 0 Å². The largest absolute Gasteiger partial charge is 0.379 e. The third kappa shape index (κ3) is 1.69. The first-order valence-corrected chi connectivity index (χ1v) is 4.90. The molecule has 2 rings (SSSR count). The zero-order chi connectivity index (χ0) is 9.47. The summed E-state index contributed by atoms with van der Waals surface area (Å²) in [6.07, 6.45) is 0. The van der Waals surface area contributed by atoms with Gasteiger partial charge in [0.1, 0.15) is 0 Å². The van der Waals surface area contributed by atoms with E-state index in [1.807, 2.05) is 12.1 Å². The Kier molecular flexibility index (Phi) is 2.26. The molecular formula is C10H10Cl2O. The highest BCUT2D eigenvalue weighted by atomic mass is 35.5. The maximum Gasteiger partial charge on any atom is 0.0582 e. The van der Waals surface area contributed by atoms with Gasteiger partial charge in [0.25, 0.3) is 0 Å². The Morgan fingerprint density at radius 3 is 2.08 bits per heavy atom. The minimum Gasteiger partial charge on any atom is -0.379 e. The first-order valence-electron chi connectivity index (χ1n) is 4.14. The van der Waals surface area contributed by atoms with Gasteiger partial charge in [-0.2, -0.15) is 0 Å².